The third-order valence-electron chi connectivity index (χ3n) is 2.94. The zero-order valence-electron chi connectivity index (χ0n) is 12.5. The van der Waals surface area contributed by atoms with E-state index >= 15 is 0 Å². The highest BCUT2D eigenvalue weighted by Crippen LogP contribution is 2.08. The Hall–Kier alpha value is -0.980. The van der Waals surface area contributed by atoms with Crippen LogP contribution in [-0.2, 0) is 16.6 Å². The van der Waals surface area contributed by atoms with Gasteiger partial charge in [-0.25, -0.2) is 8.42 Å². The van der Waals surface area contributed by atoms with E-state index in [4.69, 9.17) is 0 Å². The van der Waals surface area contributed by atoms with E-state index in [2.05, 4.69) is 10.3 Å². The Balaban J connectivity index is 2.54. The second-order valence-corrected chi connectivity index (χ2v) is 7.11. The first kappa shape index (κ1) is 17.1. The van der Waals surface area contributed by atoms with E-state index < -0.39 is 10.0 Å². The predicted octanol–water partition coefficient (Wildman–Crippen LogP) is 1.62. The lowest BCUT2D eigenvalue weighted by molar-refractivity contribution is 0.417. The topological polar surface area (TPSA) is 62.3 Å². The van der Waals surface area contributed by atoms with Crippen LogP contribution in [-0.4, -0.2) is 42.6 Å². The summed E-state index contributed by atoms with van der Waals surface area (Å²) in [6.45, 7) is 7.49. The van der Waals surface area contributed by atoms with Gasteiger partial charge in [-0.15, -0.1) is 0 Å². The molecule has 0 atom stereocenters. The molecule has 1 aromatic rings. The van der Waals surface area contributed by atoms with E-state index in [1.54, 1.807) is 6.20 Å². The van der Waals surface area contributed by atoms with E-state index in [0.717, 1.165) is 12.2 Å². The van der Waals surface area contributed by atoms with Crippen molar-refractivity contribution < 1.29 is 8.42 Å². The Kier molecular flexibility index (Phi) is 7.12. The molecule has 114 valence electrons. The highest BCUT2D eigenvalue weighted by atomic mass is 32.2. The van der Waals surface area contributed by atoms with E-state index in [1.165, 1.54) is 4.31 Å². The maximum atomic E-state index is 12.3. The van der Waals surface area contributed by atoms with Crippen molar-refractivity contribution in [2.45, 2.75) is 39.8 Å². The molecule has 0 aliphatic rings. The van der Waals surface area contributed by atoms with Crippen LogP contribution in [0.3, 0.4) is 0 Å². The highest BCUT2D eigenvalue weighted by Gasteiger charge is 2.20. The van der Waals surface area contributed by atoms with Gasteiger partial charge in [0.05, 0.1) is 18.0 Å². The molecule has 5 nitrogen and oxygen atoms in total. The first-order valence-electron chi connectivity index (χ1n) is 7.07. The molecule has 1 aromatic heterocycles. The fourth-order valence-corrected chi connectivity index (χ4v) is 3.34. The van der Waals surface area contributed by atoms with Crippen LogP contribution in [0.15, 0.2) is 24.4 Å². The number of rotatable bonds is 9. The van der Waals surface area contributed by atoms with Crippen molar-refractivity contribution in [3.05, 3.63) is 30.1 Å². The maximum absolute atomic E-state index is 12.3. The molecular weight excluding hydrogens is 274 g/mol. The number of nitrogens with zero attached hydrogens (tertiary/aromatic N) is 2. The fraction of sp³-hybridized carbons (Fsp3) is 0.643. The predicted molar refractivity (Wildman–Crippen MR) is 81.9 cm³/mol. The van der Waals surface area contributed by atoms with Crippen LogP contribution in [0.25, 0.3) is 0 Å². The molecule has 0 aliphatic carbocycles. The first-order valence-corrected chi connectivity index (χ1v) is 8.67. The van der Waals surface area contributed by atoms with Crippen LogP contribution in [0.4, 0.5) is 0 Å². The average Bonchev–Trinajstić information content (AvgIpc) is 2.42. The summed E-state index contributed by atoms with van der Waals surface area (Å²) < 4.78 is 26.1. The largest absolute Gasteiger partial charge is 0.314 e. The summed E-state index contributed by atoms with van der Waals surface area (Å²) in [5.74, 6) is 0.174. The van der Waals surface area contributed by atoms with Crippen LogP contribution >= 0.6 is 0 Å². The highest BCUT2D eigenvalue weighted by molar-refractivity contribution is 7.89. The summed E-state index contributed by atoms with van der Waals surface area (Å²) in [4.78, 5) is 4.18. The molecule has 0 spiro atoms. The van der Waals surface area contributed by atoms with Gasteiger partial charge in [-0.3, -0.25) is 4.98 Å². The van der Waals surface area contributed by atoms with Gasteiger partial charge in [0.25, 0.3) is 0 Å². The molecular formula is C14H25N3O2S. The van der Waals surface area contributed by atoms with Gasteiger partial charge in [-0.2, -0.15) is 4.31 Å². The van der Waals surface area contributed by atoms with Crippen molar-refractivity contribution in [3.63, 3.8) is 0 Å². The van der Waals surface area contributed by atoms with Gasteiger partial charge in [0, 0.05) is 18.8 Å². The minimum Gasteiger partial charge on any atom is -0.314 e. The van der Waals surface area contributed by atoms with Gasteiger partial charge in [-0.1, -0.05) is 26.8 Å². The van der Waals surface area contributed by atoms with Crippen molar-refractivity contribution in [1.82, 2.24) is 14.6 Å². The second-order valence-electron chi connectivity index (χ2n) is 5.03. The van der Waals surface area contributed by atoms with E-state index in [-0.39, 0.29) is 5.75 Å². The third-order valence-corrected chi connectivity index (χ3v) is 4.92. The van der Waals surface area contributed by atoms with Crippen molar-refractivity contribution >= 4 is 10.0 Å². The van der Waals surface area contributed by atoms with Crippen LogP contribution in [0.5, 0.6) is 0 Å². The molecule has 0 saturated heterocycles. The standard InChI is InChI=1S/C14H25N3O2S/c1-4-17(12-14-8-5-6-9-16-14)20(18,19)11-7-10-15-13(2)3/h5-6,8-9,13,15H,4,7,10-12H2,1-3H3. The number of aromatic nitrogens is 1. The SMILES string of the molecule is CCN(Cc1ccccn1)S(=O)(=O)CCCNC(C)C. The normalized spacial score (nSPS) is 12.2. The lowest BCUT2D eigenvalue weighted by atomic mass is 10.3. The number of nitrogens with one attached hydrogen (secondary N) is 1. The molecule has 0 aliphatic heterocycles. The Labute approximate surface area is 122 Å². The molecule has 1 N–H and O–H groups in total. The maximum Gasteiger partial charge on any atom is 0.214 e. The molecule has 0 bridgehead atoms. The van der Waals surface area contributed by atoms with Crippen molar-refractivity contribution in [2.75, 3.05) is 18.8 Å². The fourth-order valence-electron chi connectivity index (χ4n) is 1.85. The zero-order chi connectivity index (χ0) is 15.0. The first-order chi connectivity index (χ1) is 9.45. The second kappa shape index (κ2) is 8.34. The van der Waals surface area contributed by atoms with Gasteiger partial charge < -0.3 is 5.32 Å². The number of hydrogen-bond donors (Lipinski definition) is 1. The van der Waals surface area contributed by atoms with Crippen LogP contribution in [0.1, 0.15) is 32.9 Å². The number of hydrogen-bond acceptors (Lipinski definition) is 4. The van der Waals surface area contributed by atoms with Crippen LogP contribution in [0.2, 0.25) is 0 Å². The Bertz CT molecular complexity index is 474. The van der Waals surface area contributed by atoms with E-state index in [9.17, 15) is 8.42 Å². The van der Waals surface area contributed by atoms with Crippen LogP contribution in [0, 0.1) is 0 Å². The van der Waals surface area contributed by atoms with Crippen molar-refractivity contribution in [3.8, 4) is 0 Å². The molecule has 0 fully saturated rings. The quantitative estimate of drug-likeness (QED) is 0.704. The molecule has 1 heterocycles. The Morgan fingerprint density at radius 3 is 2.65 bits per heavy atom. The third kappa shape index (κ3) is 5.98. The molecule has 0 aromatic carbocycles. The molecule has 0 unspecified atom stereocenters. The summed E-state index contributed by atoms with van der Waals surface area (Å²) in [7, 11) is -3.22. The molecule has 6 heteroatoms. The minimum absolute atomic E-state index is 0.174. The zero-order valence-corrected chi connectivity index (χ0v) is 13.4. The smallest absolute Gasteiger partial charge is 0.214 e. The van der Waals surface area contributed by atoms with Gasteiger partial charge in [0.2, 0.25) is 10.0 Å². The lowest BCUT2D eigenvalue weighted by Crippen LogP contribution is -2.34. The summed E-state index contributed by atoms with van der Waals surface area (Å²) in [6, 6.07) is 5.92. The van der Waals surface area contributed by atoms with Crippen LogP contribution < -0.4 is 5.32 Å². The number of sulfonamides is 1. The lowest BCUT2D eigenvalue weighted by Gasteiger charge is -2.20. The van der Waals surface area contributed by atoms with E-state index in [1.807, 2.05) is 39.0 Å². The summed E-state index contributed by atoms with van der Waals surface area (Å²) in [6.07, 6.45) is 2.31. The summed E-state index contributed by atoms with van der Waals surface area (Å²) in [5.41, 5.74) is 0.776. The van der Waals surface area contributed by atoms with Gasteiger partial charge in [0.15, 0.2) is 0 Å². The van der Waals surface area contributed by atoms with Gasteiger partial charge in [-0.05, 0) is 25.1 Å². The van der Waals surface area contributed by atoms with E-state index in [0.29, 0.717) is 25.6 Å². The average molecular weight is 299 g/mol. The number of pyridine rings is 1. The molecule has 0 radical (unpaired) electrons. The van der Waals surface area contributed by atoms with Gasteiger partial charge in [0.1, 0.15) is 0 Å². The van der Waals surface area contributed by atoms with Crippen molar-refractivity contribution in [1.29, 1.82) is 0 Å². The molecule has 20 heavy (non-hydrogen) atoms. The monoisotopic (exact) mass is 299 g/mol. The molecule has 0 saturated carbocycles. The summed E-state index contributed by atoms with van der Waals surface area (Å²) in [5, 5.41) is 3.23. The minimum atomic E-state index is -3.22. The Morgan fingerprint density at radius 1 is 1.35 bits per heavy atom. The Morgan fingerprint density at radius 2 is 2.10 bits per heavy atom. The molecule has 0 amide bonds. The summed E-state index contributed by atoms with van der Waals surface area (Å²) >= 11 is 0. The van der Waals surface area contributed by atoms with Crippen molar-refractivity contribution in [2.24, 2.45) is 0 Å². The van der Waals surface area contributed by atoms with Gasteiger partial charge >= 0.3 is 0 Å². The molecule has 1 rings (SSSR count).